The molecular weight excluding hydrogens is 245 g/mol. The molecule has 0 aliphatic carbocycles. The molecule has 0 aliphatic heterocycles. The average molecular weight is 263 g/mol. The van der Waals surface area contributed by atoms with Crippen LogP contribution in [0, 0.1) is 5.82 Å². The molecule has 0 aliphatic rings. The first kappa shape index (κ1) is 13.2. The summed E-state index contributed by atoms with van der Waals surface area (Å²) >= 11 is 1.80. The van der Waals surface area contributed by atoms with Gasteiger partial charge in [0.15, 0.2) is 0 Å². The lowest BCUT2D eigenvalue weighted by atomic mass is 10.1. The molecule has 2 aromatic rings. The summed E-state index contributed by atoms with van der Waals surface area (Å²) in [7, 11) is 0. The van der Waals surface area contributed by atoms with Crippen LogP contribution in [0.3, 0.4) is 0 Å². The third-order valence-electron chi connectivity index (χ3n) is 2.90. The molecule has 1 heterocycles. The Bertz CT molecular complexity index is 450. The van der Waals surface area contributed by atoms with Crippen LogP contribution in [0.1, 0.15) is 17.4 Å². The van der Waals surface area contributed by atoms with Gasteiger partial charge in [-0.15, -0.1) is 11.3 Å². The van der Waals surface area contributed by atoms with Gasteiger partial charge in [0.1, 0.15) is 5.82 Å². The lowest BCUT2D eigenvalue weighted by Gasteiger charge is -2.13. The Kier molecular flexibility index (Phi) is 4.90. The molecule has 1 unspecified atom stereocenters. The molecule has 3 heteroatoms. The Labute approximate surface area is 112 Å². The quantitative estimate of drug-likeness (QED) is 0.839. The minimum absolute atomic E-state index is 0.169. The number of hydrogen-bond acceptors (Lipinski definition) is 2. The molecule has 1 atom stereocenters. The maximum atomic E-state index is 12.8. The van der Waals surface area contributed by atoms with Gasteiger partial charge in [-0.05, 0) is 48.9 Å². The van der Waals surface area contributed by atoms with E-state index in [-0.39, 0.29) is 5.82 Å². The minimum atomic E-state index is -0.169. The summed E-state index contributed by atoms with van der Waals surface area (Å²) < 4.78 is 12.8. The zero-order valence-corrected chi connectivity index (χ0v) is 11.3. The maximum absolute atomic E-state index is 12.8. The van der Waals surface area contributed by atoms with Gasteiger partial charge in [0, 0.05) is 17.5 Å². The molecule has 1 nitrogen and oxygen atoms in total. The van der Waals surface area contributed by atoms with Crippen molar-refractivity contribution >= 4 is 11.3 Å². The lowest BCUT2D eigenvalue weighted by molar-refractivity contribution is 0.549. The van der Waals surface area contributed by atoms with E-state index in [1.807, 2.05) is 12.1 Å². The zero-order chi connectivity index (χ0) is 12.8. The topological polar surface area (TPSA) is 12.0 Å². The second-order valence-electron chi connectivity index (χ2n) is 4.52. The summed E-state index contributed by atoms with van der Waals surface area (Å²) in [6, 6.07) is 11.4. The molecule has 0 amide bonds. The van der Waals surface area contributed by atoms with E-state index in [2.05, 4.69) is 29.8 Å². The van der Waals surface area contributed by atoms with Crippen molar-refractivity contribution in [3.05, 3.63) is 58.0 Å². The van der Waals surface area contributed by atoms with Crippen LogP contribution >= 0.6 is 11.3 Å². The fraction of sp³-hybridized carbons (Fsp3) is 0.333. The summed E-state index contributed by atoms with van der Waals surface area (Å²) in [5.74, 6) is -0.169. The molecule has 1 aromatic carbocycles. The highest BCUT2D eigenvalue weighted by atomic mass is 32.1. The van der Waals surface area contributed by atoms with Gasteiger partial charge in [0.05, 0.1) is 0 Å². The predicted molar refractivity (Wildman–Crippen MR) is 75.6 cm³/mol. The number of hydrogen-bond donors (Lipinski definition) is 1. The Morgan fingerprint density at radius 3 is 2.67 bits per heavy atom. The Balaban J connectivity index is 1.71. The Morgan fingerprint density at radius 2 is 2.00 bits per heavy atom. The van der Waals surface area contributed by atoms with Crippen molar-refractivity contribution in [2.45, 2.75) is 25.8 Å². The van der Waals surface area contributed by atoms with Crippen LogP contribution in [0.15, 0.2) is 41.8 Å². The van der Waals surface area contributed by atoms with Gasteiger partial charge >= 0.3 is 0 Å². The summed E-state index contributed by atoms with van der Waals surface area (Å²) in [6.45, 7) is 3.15. The van der Waals surface area contributed by atoms with E-state index in [1.165, 1.54) is 22.6 Å². The van der Waals surface area contributed by atoms with E-state index in [4.69, 9.17) is 0 Å². The molecule has 0 spiro atoms. The van der Waals surface area contributed by atoms with E-state index in [0.717, 1.165) is 19.4 Å². The minimum Gasteiger partial charge on any atom is -0.314 e. The normalized spacial score (nSPS) is 12.6. The largest absolute Gasteiger partial charge is 0.314 e. The number of benzene rings is 1. The smallest absolute Gasteiger partial charge is 0.123 e. The molecule has 0 radical (unpaired) electrons. The molecule has 96 valence electrons. The van der Waals surface area contributed by atoms with Gasteiger partial charge in [-0.3, -0.25) is 0 Å². The fourth-order valence-corrected chi connectivity index (χ4v) is 2.65. The molecule has 0 saturated carbocycles. The SMILES string of the molecule is CC(Cc1ccc(F)cc1)NCCc1cccs1. The van der Waals surface area contributed by atoms with E-state index in [9.17, 15) is 4.39 Å². The van der Waals surface area contributed by atoms with Crippen molar-refractivity contribution in [1.29, 1.82) is 0 Å². The fourth-order valence-electron chi connectivity index (χ4n) is 1.94. The first-order valence-electron chi connectivity index (χ1n) is 6.24. The van der Waals surface area contributed by atoms with Crippen molar-refractivity contribution in [3.8, 4) is 0 Å². The highest BCUT2D eigenvalue weighted by Crippen LogP contribution is 2.09. The first-order valence-corrected chi connectivity index (χ1v) is 7.12. The highest BCUT2D eigenvalue weighted by Gasteiger charge is 2.03. The van der Waals surface area contributed by atoms with E-state index >= 15 is 0 Å². The summed E-state index contributed by atoms with van der Waals surface area (Å²) in [4.78, 5) is 1.41. The van der Waals surface area contributed by atoms with E-state index in [0.29, 0.717) is 6.04 Å². The van der Waals surface area contributed by atoms with Crippen molar-refractivity contribution in [2.24, 2.45) is 0 Å². The third-order valence-corrected chi connectivity index (χ3v) is 3.84. The first-order chi connectivity index (χ1) is 8.74. The summed E-state index contributed by atoms with van der Waals surface area (Å²) in [6.07, 6.45) is 2.01. The second-order valence-corrected chi connectivity index (χ2v) is 5.55. The van der Waals surface area contributed by atoms with Crippen molar-refractivity contribution in [2.75, 3.05) is 6.54 Å². The third kappa shape index (κ3) is 4.24. The van der Waals surface area contributed by atoms with Gasteiger partial charge in [-0.2, -0.15) is 0 Å². The molecule has 0 fully saturated rings. The van der Waals surface area contributed by atoms with Crippen LogP contribution in [-0.2, 0) is 12.8 Å². The Morgan fingerprint density at radius 1 is 1.22 bits per heavy atom. The molecule has 1 N–H and O–H groups in total. The van der Waals surface area contributed by atoms with Crippen molar-refractivity contribution < 1.29 is 4.39 Å². The van der Waals surface area contributed by atoms with Crippen LogP contribution < -0.4 is 5.32 Å². The highest BCUT2D eigenvalue weighted by molar-refractivity contribution is 7.09. The molecule has 2 rings (SSSR count). The maximum Gasteiger partial charge on any atom is 0.123 e. The van der Waals surface area contributed by atoms with Gasteiger partial charge in [0.25, 0.3) is 0 Å². The van der Waals surface area contributed by atoms with E-state index < -0.39 is 0 Å². The van der Waals surface area contributed by atoms with Gasteiger partial charge in [-0.25, -0.2) is 4.39 Å². The van der Waals surface area contributed by atoms with Crippen LogP contribution in [0.4, 0.5) is 4.39 Å². The zero-order valence-electron chi connectivity index (χ0n) is 10.5. The van der Waals surface area contributed by atoms with Crippen LogP contribution in [0.25, 0.3) is 0 Å². The van der Waals surface area contributed by atoms with Crippen molar-refractivity contribution in [3.63, 3.8) is 0 Å². The number of rotatable bonds is 6. The Hall–Kier alpha value is -1.19. The number of thiophene rings is 1. The molecule has 1 aromatic heterocycles. The lowest BCUT2D eigenvalue weighted by Crippen LogP contribution is -2.29. The number of halogens is 1. The molecule has 0 bridgehead atoms. The summed E-state index contributed by atoms with van der Waals surface area (Å²) in [5, 5.41) is 5.61. The predicted octanol–water partition coefficient (Wildman–Crippen LogP) is 3.65. The van der Waals surface area contributed by atoms with Crippen LogP contribution in [0.2, 0.25) is 0 Å². The van der Waals surface area contributed by atoms with Crippen LogP contribution in [-0.4, -0.2) is 12.6 Å². The summed E-state index contributed by atoms with van der Waals surface area (Å²) in [5.41, 5.74) is 1.17. The second kappa shape index (κ2) is 6.66. The van der Waals surface area contributed by atoms with Gasteiger partial charge < -0.3 is 5.32 Å². The van der Waals surface area contributed by atoms with Crippen LogP contribution in [0.5, 0.6) is 0 Å². The van der Waals surface area contributed by atoms with E-state index in [1.54, 1.807) is 11.3 Å². The standard InChI is InChI=1S/C15H18FNS/c1-12(11-13-4-6-14(16)7-5-13)17-9-8-15-3-2-10-18-15/h2-7,10,12,17H,8-9,11H2,1H3. The monoisotopic (exact) mass is 263 g/mol. The molecule has 18 heavy (non-hydrogen) atoms. The number of nitrogens with one attached hydrogen (secondary N) is 1. The van der Waals surface area contributed by atoms with Gasteiger partial charge in [0.2, 0.25) is 0 Å². The average Bonchev–Trinajstić information content (AvgIpc) is 2.85. The molecule has 0 saturated heterocycles. The van der Waals surface area contributed by atoms with Crippen molar-refractivity contribution in [1.82, 2.24) is 5.32 Å². The molecular formula is C15H18FNS. The van der Waals surface area contributed by atoms with Gasteiger partial charge in [-0.1, -0.05) is 18.2 Å².